The summed E-state index contributed by atoms with van der Waals surface area (Å²) in [4.78, 5) is 27.0. The van der Waals surface area contributed by atoms with Gasteiger partial charge in [0.1, 0.15) is 0 Å². The van der Waals surface area contributed by atoms with Gasteiger partial charge in [-0.05, 0) is 49.9 Å². The average molecular weight is 410 g/mol. The highest BCUT2D eigenvalue weighted by molar-refractivity contribution is 7.89. The van der Waals surface area contributed by atoms with Gasteiger partial charge in [-0.15, -0.1) is 0 Å². The number of nitrogens with one attached hydrogen (secondary N) is 1. The van der Waals surface area contributed by atoms with Gasteiger partial charge in [0.05, 0.1) is 4.90 Å². The Morgan fingerprint density at radius 3 is 2.11 bits per heavy atom. The smallest absolute Gasteiger partial charge is 0.251 e. The van der Waals surface area contributed by atoms with E-state index in [1.807, 2.05) is 18.7 Å². The monoisotopic (exact) mass is 409 g/mol. The molecule has 1 aliphatic rings. The van der Waals surface area contributed by atoms with Crippen LogP contribution in [0.3, 0.4) is 0 Å². The summed E-state index contributed by atoms with van der Waals surface area (Å²) in [7, 11) is -0.571. The number of amides is 2. The second kappa shape index (κ2) is 9.52. The number of nitrogens with zero attached hydrogens (tertiary/aromatic N) is 2. The second-order valence-electron chi connectivity index (χ2n) is 7.40. The van der Waals surface area contributed by atoms with Crippen LogP contribution in [-0.2, 0) is 14.8 Å². The number of likely N-dealkylation sites (tertiary alicyclic amines) is 1. The van der Waals surface area contributed by atoms with Gasteiger partial charge >= 0.3 is 0 Å². The molecule has 156 valence electrons. The van der Waals surface area contributed by atoms with Crippen LogP contribution in [0.4, 0.5) is 0 Å². The first kappa shape index (κ1) is 22.4. The van der Waals surface area contributed by atoms with Crippen LogP contribution in [0.5, 0.6) is 0 Å². The van der Waals surface area contributed by atoms with Crippen molar-refractivity contribution in [2.75, 3.05) is 27.2 Å². The summed E-state index contributed by atoms with van der Waals surface area (Å²) < 4.78 is 25.3. The van der Waals surface area contributed by atoms with E-state index in [9.17, 15) is 18.0 Å². The van der Waals surface area contributed by atoms with Gasteiger partial charge in [-0.2, -0.15) is 0 Å². The third-order valence-corrected chi connectivity index (χ3v) is 7.20. The summed E-state index contributed by atoms with van der Waals surface area (Å²) >= 11 is 0. The Morgan fingerprint density at radius 2 is 1.64 bits per heavy atom. The quantitative estimate of drug-likeness (QED) is 0.747. The van der Waals surface area contributed by atoms with Crippen molar-refractivity contribution in [3.63, 3.8) is 0 Å². The Labute approximate surface area is 168 Å². The van der Waals surface area contributed by atoms with E-state index in [2.05, 4.69) is 5.32 Å². The molecule has 0 saturated carbocycles. The molecule has 1 aliphatic heterocycles. The van der Waals surface area contributed by atoms with Crippen LogP contribution in [0.15, 0.2) is 29.2 Å². The summed E-state index contributed by atoms with van der Waals surface area (Å²) in [6, 6.07) is 5.96. The minimum absolute atomic E-state index is 0.0171. The molecule has 1 heterocycles. The fourth-order valence-corrected chi connectivity index (χ4v) is 4.30. The van der Waals surface area contributed by atoms with Crippen molar-refractivity contribution >= 4 is 21.8 Å². The molecule has 0 radical (unpaired) electrons. The lowest BCUT2D eigenvalue weighted by Gasteiger charge is -2.34. The fourth-order valence-electron chi connectivity index (χ4n) is 3.40. The highest BCUT2D eigenvalue weighted by atomic mass is 32.2. The summed E-state index contributed by atoms with van der Waals surface area (Å²) in [5.41, 5.74) is 0.424. The van der Waals surface area contributed by atoms with Crippen molar-refractivity contribution in [1.29, 1.82) is 0 Å². The maximum Gasteiger partial charge on any atom is 0.251 e. The standard InChI is InChI=1S/C20H31N3O4S/c1-5-15(6-2)20(25)23-13-11-17(12-14-23)21-19(24)16-7-9-18(10-8-16)28(26,27)22(3)4/h7-10,15,17H,5-6,11-14H2,1-4H3,(H,21,24). The van der Waals surface area contributed by atoms with E-state index in [0.717, 1.165) is 30.0 Å². The molecule has 28 heavy (non-hydrogen) atoms. The van der Waals surface area contributed by atoms with Gasteiger partial charge in [0.15, 0.2) is 0 Å². The molecule has 1 aromatic carbocycles. The van der Waals surface area contributed by atoms with Gasteiger partial charge in [-0.3, -0.25) is 9.59 Å². The zero-order chi connectivity index (χ0) is 20.9. The van der Waals surface area contributed by atoms with Gasteiger partial charge in [0, 0.05) is 44.7 Å². The number of hydrogen-bond donors (Lipinski definition) is 1. The van der Waals surface area contributed by atoms with E-state index in [-0.39, 0.29) is 28.7 Å². The summed E-state index contributed by atoms with van der Waals surface area (Å²) in [6.45, 7) is 5.38. The van der Waals surface area contributed by atoms with Crippen molar-refractivity contribution < 1.29 is 18.0 Å². The normalized spacial score (nSPS) is 15.9. The molecule has 0 aromatic heterocycles. The molecule has 2 amide bonds. The molecule has 1 fully saturated rings. The molecule has 0 aliphatic carbocycles. The number of rotatable bonds is 7. The minimum atomic E-state index is -3.51. The summed E-state index contributed by atoms with van der Waals surface area (Å²) in [5, 5.41) is 3.00. The van der Waals surface area contributed by atoms with Crippen LogP contribution in [0.2, 0.25) is 0 Å². The molecular weight excluding hydrogens is 378 g/mol. The van der Waals surface area contributed by atoms with Gasteiger partial charge in [0.2, 0.25) is 15.9 Å². The number of sulfonamides is 1. The van der Waals surface area contributed by atoms with Gasteiger partial charge in [0.25, 0.3) is 5.91 Å². The molecule has 1 aromatic rings. The van der Waals surface area contributed by atoms with E-state index in [4.69, 9.17) is 0 Å². The van der Waals surface area contributed by atoms with Gasteiger partial charge < -0.3 is 10.2 Å². The Morgan fingerprint density at radius 1 is 1.11 bits per heavy atom. The molecule has 1 N–H and O–H groups in total. The van der Waals surface area contributed by atoms with Crippen molar-refractivity contribution in [3.05, 3.63) is 29.8 Å². The topological polar surface area (TPSA) is 86.8 Å². The van der Waals surface area contributed by atoms with E-state index < -0.39 is 10.0 Å². The number of hydrogen-bond acceptors (Lipinski definition) is 4. The SMILES string of the molecule is CCC(CC)C(=O)N1CCC(NC(=O)c2ccc(S(=O)(=O)N(C)C)cc2)CC1. The Bertz CT molecular complexity index is 778. The Kier molecular flexibility index (Phi) is 7.60. The molecule has 0 spiro atoms. The van der Waals surface area contributed by atoms with E-state index in [1.165, 1.54) is 38.4 Å². The predicted molar refractivity (Wildman–Crippen MR) is 108 cm³/mol. The van der Waals surface area contributed by atoms with E-state index in [1.54, 1.807) is 0 Å². The average Bonchev–Trinajstić information content (AvgIpc) is 2.69. The first-order valence-corrected chi connectivity index (χ1v) is 11.3. The maximum atomic E-state index is 12.5. The van der Waals surface area contributed by atoms with E-state index in [0.29, 0.717) is 18.7 Å². The van der Waals surface area contributed by atoms with Crippen molar-refractivity contribution in [3.8, 4) is 0 Å². The van der Waals surface area contributed by atoms with Crippen LogP contribution in [-0.4, -0.2) is 62.7 Å². The van der Waals surface area contributed by atoms with Crippen LogP contribution in [0, 0.1) is 5.92 Å². The molecule has 0 atom stereocenters. The first-order chi connectivity index (χ1) is 13.2. The van der Waals surface area contributed by atoms with Crippen LogP contribution in [0.25, 0.3) is 0 Å². The zero-order valence-corrected chi connectivity index (χ0v) is 18.0. The lowest BCUT2D eigenvalue weighted by atomic mass is 9.98. The highest BCUT2D eigenvalue weighted by Gasteiger charge is 2.27. The molecule has 0 bridgehead atoms. The molecule has 0 unspecified atom stereocenters. The molecule has 8 heteroatoms. The van der Waals surface area contributed by atoms with Crippen LogP contribution >= 0.6 is 0 Å². The lowest BCUT2D eigenvalue weighted by molar-refractivity contribution is -0.136. The van der Waals surface area contributed by atoms with E-state index >= 15 is 0 Å². The molecule has 2 rings (SSSR count). The Balaban J connectivity index is 1.92. The predicted octanol–water partition coefficient (Wildman–Crippen LogP) is 2.09. The van der Waals surface area contributed by atoms with Crippen molar-refractivity contribution in [1.82, 2.24) is 14.5 Å². The van der Waals surface area contributed by atoms with Crippen molar-refractivity contribution in [2.45, 2.75) is 50.5 Å². The number of piperidine rings is 1. The number of carbonyl (C=O) groups is 2. The van der Waals surface area contributed by atoms with Crippen molar-refractivity contribution in [2.24, 2.45) is 5.92 Å². The number of carbonyl (C=O) groups excluding carboxylic acids is 2. The third kappa shape index (κ3) is 5.11. The van der Waals surface area contributed by atoms with Crippen LogP contribution < -0.4 is 5.32 Å². The zero-order valence-electron chi connectivity index (χ0n) is 17.1. The molecular formula is C20H31N3O4S. The molecule has 1 saturated heterocycles. The first-order valence-electron chi connectivity index (χ1n) is 9.82. The van der Waals surface area contributed by atoms with Gasteiger partial charge in [-0.25, -0.2) is 12.7 Å². The van der Waals surface area contributed by atoms with Crippen LogP contribution in [0.1, 0.15) is 49.9 Å². The largest absolute Gasteiger partial charge is 0.349 e. The molecule has 7 nitrogen and oxygen atoms in total. The number of benzene rings is 1. The lowest BCUT2D eigenvalue weighted by Crippen LogP contribution is -2.48. The van der Waals surface area contributed by atoms with Gasteiger partial charge in [-0.1, -0.05) is 13.8 Å². The highest BCUT2D eigenvalue weighted by Crippen LogP contribution is 2.18. The third-order valence-electron chi connectivity index (χ3n) is 5.37. The Hall–Kier alpha value is -1.93. The maximum absolute atomic E-state index is 12.5. The minimum Gasteiger partial charge on any atom is -0.349 e. The summed E-state index contributed by atoms with van der Waals surface area (Å²) in [5.74, 6) is 0.0779. The fraction of sp³-hybridized carbons (Fsp3) is 0.600. The summed E-state index contributed by atoms with van der Waals surface area (Å²) in [6.07, 6.45) is 3.16. The second-order valence-corrected chi connectivity index (χ2v) is 9.55.